The number of aliphatic hydroxyl groups is 1. The van der Waals surface area contributed by atoms with Crippen LogP contribution in [0.5, 0.6) is 0 Å². The molecule has 2 unspecified atom stereocenters. The molecule has 2 atom stereocenters. The van der Waals surface area contributed by atoms with Crippen molar-refractivity contribution >= 4 is 5.97 Å². The number of carboxylic acids is 1. The van der Waals surface area contributed by atoms with Gasteiger partial charge in [0.25, 0.3) is 0 Å². The third-order valence-electron chi connectivity index (χ3n) is 4.81. The SMILES string of the molecule is O=C(O)C(O)CC(c1ccccc1)N(Cc1ccccc1)Cc1ccccc1. The second kappa shape index (κ2) is 9.83. The summed E-state index contributed by atoms with van der Waals surface area (Å²) in [6, 6.07) is 29.8. The number of aliphatic carboxylic acids is 1. The van der Waals surface area contributed by atoms with Gasteiger partial charge in [-0.05, 0) is 16.7 Å². The lowest BCUT2D eigenvalue weighted by Gasteiger charge is -2.33. The fourth-order valence-electron chi connectivity index (χ4n) is 3.40. The number of hydrogen-bond acceptors (Lipinski definition) is 3. The predicted octanol–water partition coefficient (Wildman–Crippen LogP) is 4.27. The Bertz CT molecular complexity index is 811. The van der Waals surface area contributed by atoms with Gasteiger partial charge in [0.05, 0.1) is 0 Å². The van der Waals surface area contributed by atoms with Gasteiger partial charge in [-0.1, -0.05) is 91.0 Å². The van der Waals surface area contributed by atoms with E-state index in [4.69, 9.17) is 0 Å². The maximum atomic E-state index is 11.3. The van der Waals surface area contributed by atoms with Crippen molar-refractivity contribution in [2.24, 2.45) is 0 Å². The van der Waals surface area contributed by atoms with Gasteiger partial charge in [0.2, 0.25) is 0 Å². The highest BCUT2D eigenvalue weighted by molar-refractivity contribution is 5.72. The Balaban J connectivity index is 1.95. The molecule has 144 valence electrons. The molecule has 0 aliphatic carbocycles. The Hall–Kier alpha value is -2.95. The first-order chi connectivity index (χ1) is 13.6. The number of nitrogens with zero attached hydrogens (tertiary/aromatic N) is 1. The summed E-state index contributed by atoms with van der Waals surface area (Å²) < 4.78 is 0. The molecule has 3 aromatic carbocycles. The van der Waals surface area contributed by atoms with Crippen LogP contribution in [0.2, 0.25) is 0 Å². The Morgan fingerprint density at radius 2 is 1.18 bits per heavy atom. The maximum Gasteiger partial charge on any atom is 0.332 e. The summed E-state index contributed by atoms with van der Waals surface area (Å²) in [5.74, 6) is -1.19. The molecule has 0 aromatic heterocycles. The zero-order valence-corrected chi connectivity index (χ0v) is 15.7. The second-order valence-electron chi connectivity index (χ2n) is 6.89. The van der Waals surface area contributed by atoms with E-state index in [0.29, 0.717) is 13.1 Å². The Kier molecular flexibility index (Phi) is 6.95. The van der Waals surface area contributed by atoms with Crippen LogP contribution in [0.1, 0.15) is 29.2 Å². The van der Waals surface area contributed by atoms with E-state index in [0.717, 1.165) is 16.7 Å². The normalized spacial score (nSPS) is 13.2. The molecule has 0 fully saturated rings. The van der Waals surface area contributed by atoms with Crippen LogP contribution in [0.4, 0.5) is 0 Å². The molecule has 4 nitrogen and oxygen atoms in total. The van der Waals surface area contributed by atoms with E-state index in [1.807, 2.05) is 66.7 Å². The van der Waals surface area contributed by atoms with Gasteiger partial charge < -0.3 is 10.2 Å². The van der Waals surface area contributed by atoms with E-state index >= 15 is 0 Å². The minimum absolute atomic E-state index is 0.124. The van der Waals surface area contributed by atoms with Gasteiger partial charge >= 0.3 is 5.97 Å². The Morgan fingerprint density at radius 1 is 0.750 bits per heavy atom. The molecule has 0 aliphatic rings. The lowest BCUT2D eigenvalue weighted by Crippen LogP contribution is -2.33. The van der Waals surface area contributed by atoms with Crippen molar-refractivity contribution in [3.05, 3.63) is 108 Å². The average Bonchev–Trinajstić information content (AvgIpc) is 2.73. The lowest BCUT2D eigenvalue weighted by molar-refractivity contribution is -0.147. The number of carboxylic acid groups (broad SMARTS) is 1. The van der Waals surface area contributed by atoms with Crippen LogP contribution in [0, 0.1) is 0 Å². The van der Waals surface area contributed by atoms with E-state index in [1.54, 1.807) is 0 Å². The highest BCUT2D eigenvalue weighted by Gasteiger charge is 2.27. The van der Waals surface area contributed by atoms with Crippen LogP contribution in [-0.2, 0) is 17.9 Å². The van der Waals surface area contributed by atoms with E-state index in [-0.39, 0.29) is 12.5 Å². The molecule has 0 heterocycles. The van der Waals surface area contributed by atoms with E-state index < -0.39 is 12.1 Å². The number of benzene rings is 3. The first-order valence-corrected chi connectivity index (χ1v) is 9.41. The van der Waals surface area contributed by atoms with Crippen LogP contribution >= 0.6 is 0 Å². The summed E-state index contributed by atoms with van der Waals surface area (Å²) >= 11 is 0. The molecule has 0 radical (unpaired) electrons. The molecule has 4 heteroatoms. The predicted molar refractivity (Wildman–Crippen MR) is 110 cm³/mol. The lowest BCUT2D eigenvalue weighted by atomic mass is 9.97. The molecule has 0 aliphatic heterocycles. The van der Waals surface area contributed by atoms with E-state index in [9.17, 15) is 15.0 Å². The largest absolute Gasteiger partial charge is 0.479 e. The first kappa shape index (κ1) is 19.8. The highest BCUT2D eigenvalue weighted by Crippen LogP contribution is 2.29. The van der Waals surface area contributed by atoms with E-state index in [1.165, 1.54) is 0 Å². The average molecular weight is 375 g/mol. The topological polar surface area (TPSA) is 60.8 Å². The molecule has 2 N–H and O–H groups in total. The Morgan fingerprint density at radius 3 is 1.61 bits per heavy atom. The summed E-state index contributed by atoms with van der Waals surface area (Å²) in [6.45, 7) is 1.31. The van der Waals surface area contributed by atoms with Gasteiger partial charge in [0.1, 0.15) is 0 Å². The number of aliphatic hydroxyl groups excluding tert-OH is 1. The summed E-state index contributed by atoms with van der Waals surface area (Å²) in [6.07, 6.45) is -1.29. The third kappa shape index (κ3) is 5.52. The third-order valence-corrected chi connectivity index (χ3v) is 4.81. The highest BCUT2D eigenvalue weighted by atomic mass is 16.4. The van der Waals surface area contributed by atoms with Gasteiger partial charge in [-0.15, -0.1) is 0 Å². The number of rotatable bonds is 9. The zero-order valence-electron chi connectivity index (χ0n) is 15.7. The molecule has 0 spiro atoms. The molecule has 0 amide bonds. The minimum atomic E-state index is -1.42. The van der Waals surface area contributed by atoms with Crippen LogP contribution in [0.15, 0.2) is 91.0 Å². The molecule has 3 rings (SSSR count). The molecule has 28 heavy (non-hydrogen) atoms. The standard InChI is InChI=1S/C24H25NO3/c26-23(24(27)28)16-22(21-14-8-3-9-15-21)25(17-19-10-4-1-5-11-19)18-20-12-6-2-7-13-20/h1-15,22-23,26H,16-18H2,(H,27,28). The Labute approximate surface area is 165 Å². The molecule has 0 saturated carbocycles. The molecular weight excluding hydrogens is 350 g/mol. The van der Waals surface area contributed by atoms with E-state index in [2.05, 4.69) is 29.2 Å². The van der Waals surface area contributed by atoms with Crippen molar-refractivity contribution in [2.45, 2.75) is 31.7 Å². The summed E-state index contributed by atoms with van der Waals surface area (Å²) in [5.41, 5.74) is 3.28. The van der Waals surface area contributed by atoms with Crippen LogP contribution in [0.25, 0.3) is 0 Å². The van der Waals surface area contributed by atoms with Gasteiger partial charge in [0, 0.05) is 25.6 Å². The monoisotopic (exact) mass is 375 g/mol. The first-order valence-electron chi connectivity index (χ1n) is 9.41. The molecule has 3 aromatic rings. The van der Waals surface area contributed by atoms with Crippen LogP contribution < -0.4 is 0 Å². The summed E-state index contributed by atoms with van der Waals surface area (Å²) in [4.78, 5) is 13.6. The minimum Gasteiger partial charge on any atom is -0.479 e. The second-order valence-corrected chi connectivity index (χ2v) is 6.89. The van der Waals surface area contributed by atoms with Gasteiger partial charge in [-0.25, -0.2) is 4.79 Å². The van der Waals surface area contributed by atoms with Crippen molar-refractivity contribution in [1.29, 1.82) is 0 Å². The molecular formula is C24H25NO3. The van der Waals surface area contributed by atoms with Crippen molar-refractivity contribution in [2.75, 3.05) is 0 Å². The maximum absolute atomic E-state index is 11.3. The number of carbonyl (C=O) groups is 1. The zero-order chi connectivity index (χ0) is 19.8. The molecule has 0 bridgehead atoms. The fourth-order valence-corrected chi connectivity index (χ4v) is 3.40. The van der Waals surface area contributed by atoms with Gasteiger partial charge in [-0.2, -0.15) is 0 Å². The summed E-state index contributed by atoms with van der Waals surface area (Å²) in [5, 5.41) is 19.4. The van der Waals surface area contributed by atoms with Crippen molar-refractivity contribution in [3.63, 3.8) is 0 Å². The molecule has 0 saturated heterocycles. The number of hydrogen-bond donors (Lipinski definition) is 2. The van der Waals surface area contributed by atoms with Crippen LogP contribution in [-0.4, -0.2) is 27.2 Å². The van der Waals surface area contributed by atoms with Crippen LogP contribution in [0.3, 0.4) is 0 Å². The fraction of sp³-hybridized carbons (Fsp3) is 0.208. The van der Waals surface area contributed by atoms with Crippen molar-refractivity contribution < 1.29 is 15.0 Å². The summed E-state index contributed by atoms with van der Waals surface area (Å²) in [7, 11) is 0. The van der Waals surface area contributed by atoms with Gasteiger partial charge in [-0.3, -0.25) is 4.90 Å². The van der Waals surface area contributed by atoms with Crippen molar-refractivity contribution in [3.8, 4) is 0 Å². The smallest absolute Gasteiger partial charge is 0.332 e. The van der Waals surface area contributed by atoms with Gasteiger partial charge in [0.15, 0.2) is 6.10 Å². The van der Waals surface area contributed by atoms with Crippen molar-refractivity contribution in [1.82, 2.24) is 4.90 Å². The quantitative estimate of drug-likeness (QED) is 0.586.